The molecule has 0 fully saturated rings. The van der Waals surface area contributed by atoms with Gasteiger partial charge in [0.25, 0.3) is 0 Å². The summed E-state index contributed by atoms with van der Waals surface area (Å²) in [6.07, 6.45) is 0. The molecule has 0 bridgehead atoms. The van der Waals surface area contributed by atoms with E-state index in [1.165, 1.54) is 15.9 Å². The van der Waals surface area contributed by atoms with Gasteiger partial charge >= 0.3 is 0 Å². The molecule has 3 heterocycles. The molecule has 12 aromatic rings. The van der Waals surface area contributed by atoms with Crippen LogP contribution < -0.4 is 20.7 Å². The molecule has 4 heteroatoms. The summed E-state index contributed by atoms with van der Waals surface area (Å²) in [6, 6.07) is 24.8. The van der Waals surface area contributed by atoms with Gasteiger partial charge in [-0.15, -0.1) is 11.3 Å². The summed E-state index contributed by atoms with van der Waals surface area (Å²) in [5.74, 6) is 0. The zero-order valence-corrected chi connectivity index (χ0v) is 32.1. The number of thiophene rings is 1. The molecule has 2 nitrogen and oxygen atoms in total. The zero-order chi connectivity index (χ0) is 53.0. The van der Waals surface area contributed by atoms with Crippen LogP contribution in [-0.2, 0) is 0 Å². The maximum Gasteiger partial charge on any atom is 0.179 e. The molecule has 0 aliphatic rings. The number of hydrogen-bond acceptors (Lipinski definition) is 1. The van der Waals surface area contributed by atoms with Crippen molar-refractivity contribution in [2.75, 3.05) is 0 Å². The van der Waals surface area contributed by atoms with Gasteiger partial charge in [0, 0.05) is 42.7 Å². The van der Waals surface area contributed by atoms with Gasteiger partial charge < -0.3 is 9.13 Å². The zero-order valence-electron chi connectivity index (χ0n) is 47.3. The van der Waals surface area contributed by atoms with Crippen molar-refractivity contribution in [3.8, 4) is 11.4 Å². The van der Waals surface area contributed by atoms with E-state index < -0.39 is 105 Å². The summed E-state index contributed by atoms with van der Waals surface area (Å²) >= 11 is 1.32. The van der Waals surface area contributed by atoms with Crippen LogP contribution in [-0.4, -0.2) is 17.2 Å². The van der Waals surface area contributed by atoms with E-state index in [-0.39, 0.29) is 43.9 Å². The second-order valence-electron chi connectivity index (χ2n) is 13.9. The molecular weight excluding hydrogens is 737 g/mol. The van der Waals surface area contributed by atoms with Crippen LogP contribution in [0.15, 0.2) is 218 Å². The lowest BCUT2D eigenvalue weighted by Crippen LogP contribution is -2.74. The van der Waals surface area contributed by atoms with Crippen LogP contribution in [0.1, 0.15) is 23.3 Å². The molecule has 9 aromatic carbocycles. The van der Waals surface area contributed by atoms with Crippen molar-refractivity contribution in [3.05, 3.63) is 218 Å². The molecule has 0 aliphatic heterocycles. The smallest absolute Gasteiger partial charge is 0.179 e. The quantitative estimate of drug-likeness (QED) is 0.117. The normalized spacial score (nSPS) is 16.2. The van der Waals surface area contributed by atoms with Crippen LogP contribution in [0, 0.1) is 0 Å². The fourth-order valence-electron chi connectivity index (χ4n) is 8.70. The molecular formula is C54H36N2SSi. The van der Waals surface area contributed by atoms with E-state index in [1.54, 1.807) is 89.5 Å². The largest absolute Gasteiger partial charge is 0.309 e. The molecule has 0 radical (unpaired) electrons. The number of fused-ring (bicyclic) bond motifs is 10. The third-order valence-electron chi connectivity index (χ3n) is 11.0. The second kappa shape index (κ2) is 13.0. The predicted octanol–water partition coefficient (Wildman–Crippen LogP) is 11.6. The van der Waals surface area contributed by atoms with Gasteiger partial charge in [0.15, 0.2) is 8.07 Å². The van der Waals surface area contributed by atoms with E-state index in [2.05, 4.69) is 0 Å². The topological polar surface area (TPSA) is 9.86 Å². The number of hydrogen-bond donors (Lipinski definition) is 0. The molecule has 0 amide bonds. The van der Waals surface area contributed by atoms with Crippen molar-refractivity contribution >= 4 is 104 Å². The monoisotopic (exact) mass is 789 g/mol. The summed E-state index contributed by atoms with van der Waals surface area (Å²) in [7, 11) is -4.53. The molecule has 0 unspecified atom stereocenters. The van der Waals surface area contributed by atoms with Crippen LogP contribution in [0.4, 0.5) is 0 Å². The molecule has 0 N–H and O–H groups in total. The fourth-order valence-corrected chi connectivity index (χ4v) is 14.1. The average molecular weight is 790 g/mol. The third kappa shape index (κ3) is 4.70. The third-order valence-corrected chi connectivity index (χ3v) is 16.6. The predicted molar refractivity (Wildman–Crippen MR) is 252 cm³/mol. The highest BCUT2D eigenvalue weighted by molar-refractivity contribution is 7.26. The molecule has 3 aromatic heterocycles. The molecule has 12 rings (SSSR count). The summed E-state index contributed by atoms with van der Waals surface area (Å²) < 4.78 is 163. The van der Waals surface area contributed by atoms with Gasteiger partial charge in [0.05, 0.1) is 55.8 Å². The Labute approximate surface area is 365 Å². The van der Waals surface area contributed by atoms with Gasteiger partial charge in [-0.2, -0.15) is 0 Å². The first-order valence-corrected chi connectivity index (χ1v) is 21.4. The van der Waals surface area contributed by atoms with Crippen LogP contribution in [0.25, 0.3) is 75.2 Å². The van der Waals surface area contributed by atoms with E-state index >= 15 is 0 Å². The standard InChI is InChI=1S/C54H36N2SSi/c1-4-20-38(21-5-1)58(39-22-6-2-7-23-39,40-24-8-3-9-25-40)41-26-18-19-37(35-41)55-47-31-14-12-29-44(47)46-36-50(54-52(53(46)55)45-30-13-17-34-51(45)57-54)56-48-32-15-10-27-42(48)43-28-11-16-33-49(43)56/h1-36H/i1D,4D,5D,10D,11D,15D,16D,18D,19D,20D,21D,26D,27D,28D,32D,33D,35D. The van der Waals surface area contributed by atoms with E-state index in [4.69, 9.17) is 12.3 Å². The van der Waals surface area contributed by atoms with Gasteiger partial charge in [-0.05, 0) is 63.1 Å². The Morgan fingerprint density at radius 1 is 0.431 bits per heavy atom. The van der Waals surface area contributed by atoms with Crippen molar-refractivity contribution in [1.29, 1.82) is 0 Å². The summed E-state index contributed by atoms with van der Waals surface area (Å²) in [6.45, 7) is 0. The first-order valence-electron chi connectivity index (χ1n) is 27.1. The lowest BCUT2D eigenvalue weighted by molar-refractivity contribution is 1.18. The minimum atomic E-state index is -4.53. The highest BCUT2D eigenvalue weighted by Crippen LogP contribution is 2.47. The minimum Gasteiger partial charge on any atom is -0.309 e. The van der Waals surface area contributed by atoms with Crippen molar-refractivity contribution in [2.24, 2.45) is 0 Å². The van der Waals surface area contributed by atoms with Gasteiger partial charge in [0.2, 0.25) is 0 Å². The highest BCUT2D eigenvalue weighted by atomic mass is 32.1. The highest BCUT2D eigenvalue weighted by Gasteiger charge is 2.41. The maximum atomic E-state index is 10.7. The van der Waals surface area contributed by atoms with E-state index in [0.717, 1.165) is 4.70 Å². The maximum absolute atomic E-state index is 10.7. The van der Waals surface area contributed by atoms with Gasteiger partial charge in [-0.3, -0.25) is 0 Å². The van der Waals surface area contributed by atoms with Crippen LogP contribution >= 0.6 is 11.3 Å². The lowest BCUT2D eigenvalue weighted by atomic mass is 10.1. The lowest BCUT2D eigenvalue weighted by Gasteiger charge is -2.34. The Hall–Kier alpha value is -6.98. The van der Waals surface area contributed by atoms with Gasteiger partial charge in [-0.25, -0.2) is 0 Å². The number of aromatic nitrogens is 2. The average Bonchev–Trinajstić information content (AvgIpc) is 4.10. The first kappa shape index (κ1) is 20.4. The molecule has 0 aliphatic carbocycles. The molecule has 0 atom stereocenters. The Balaban J connectivity index is 1.32. The van der Waals surface area contributed by atoms with E-state index in [1.807, 2.05) is 30.3 Å². The first-order chi connectivity index (χ1) is 35.9. The molecule has 0 saturated heterocycles. The summed E-state index contributed by atoms with van der Waals surface area (Å²) in [5.41, 5.74) is 0.938. The van der Waals surface area contributed by atoms with Crippen LogP contribution in [0.2, 0.25) is 0 Å². The molecule has 58 heavy (non-hydrogen) atoms. The van der Waals surface area contributed by atoms with E-state index in [0.29, 0.717) is 53.3 Å². The number of rotatable bonds is 6. The van der Waals surface area contributed by atoms with Crippen molar-refractivity contribution in [3.63, 3.8) is 0 Å². The van der Waals surface area contributed by atoms with Crippen LogP contribution in [0.5, 0.6) is 0 Å². The van der Waals surface area contributed by atoms with Crippen LogP contribution in [0.3, 0.4) is 0 Å². The molecule has 0 spiro atoms. The Bertz CT molecular complexity index is 4370. The van der Waals surface area contributed by atoms with Gasteiger partial charge in [-0.1, -0.05) is 176 Å². The van der Waals surface area contributed by atoms with Crippen molar-refractivity contribution < 1.29 is 23.3 Å². The Morgan fingerprint density at radius 2 is 1.02 bits per heavy atom. The SMILES string of the molecule is [2H]c1c([2H])c([2H])c([Si](c2ccccc2)(c2ccccc2)c2c([2H])c([2H])c([2H])c(-n3c4ccccc4c4cc(-n5c6c([2H])c([2H])c([2H])c([2H])c6c6c([2H])c([2H])c([2H])c([2H])c65)c5sc6ccccc6c5c43)c2[2H])c([2H])c1[2H]. The second-order valence-corrected chi connectivity index (χ2v) is 18.6. The number of nitrogens with zero attached hydrogens (tertiary/aromatic N) is 2. The Morgan fingerprint density at radius 3 is 1.72 bits per heavy atom. The number of para-hydroxylation sites is 3. The minimum absolute atomic E-state index is 0.0722. The van der Waals surface area contributed by atoms with Gasteiger partial charge in [0.1, 0.15) is 0 Å². The Kier molecular flexibility index (Phi) is 4.59. The molecule has 0 saturated carbocycles. The number of benzene rings is 9. The summed E-state index contributed by atoms with van der Waals surface area (Å²) in [4.78, 5) is 0. The van der Waals surface area contributed by atoms with Crippen molar-refractivity contribution in [2.45, 2.75) is 0 Å². The summed E-state index contributed by atoms with van der Waals surface area (Å²) in [5, 5.41) is 2.81. The fraction of sp³-hybridized carbons (Fsp3) is 0. The van der Waals surface area contributed by atoms with Crippen molar-refractivity contribution in [1.82, 2.24) is 9.13 Å². The molecule has 272 valence electrons. The van der Waals surface area contributed by atoms with E-state index in [9.17, 15) is 11.0 Å².